The van der Waals surface area contributed by atoms with Gasteiger partial charge in [0.1, 0.15) is 17.2 Å². The first-order valence-corrected chi connectivity index (χ1v) is 7.61. The molecule has 0 saturated heterocycles. The van der Waals surface area contributed by atoms with Crippen LogP contribution in [0.4, 0.5) is 0 Å². The second-order valence-electron chi connectivity index (χ2n) is 5.12. The van der Waals surface area contributed by atoms with Crippen molar-refractivity contribution in [1.82, 2.24) is 0 Å². The van der Waals surface area contributed by atoms with E-state index in [1.807, 2.05) is 0 Å². The fourth-order valence-electron chi connectivity index (χ4n) is 2.11. The molecule has 0 spiro atoms. The van der Waals surface area contributed by atoms with Crippen LogP contribution in [-0.2, 0) is 9.53 Å². The molecule has 6 heteroatoms. The van der Waals surface area contributed by atoms with Crippen molar-refractivity contribution in [3.63, 3.8) is 0 Å². The van der Waals surface area contributed by atoms with Crippen LogP contribution in [0.2, 0.25) is 0 Å². The molecule has 2 rings (SSSR count). The molecular weight excluding hydrogens is 324 g/mol. The largest absolute Gasteiger partial charge is 0.507 e. The van der Waals surface area contributed by atoms with Gasteiger partial charge in [-0.3, -0.25) is 4.79 Å². The Morgan fingerprint density at radius 2 is 1.80 bits per heavy atom. The van der Waals surface area contributed by atoms with Crippen LogP contribution >= 0.6 is 0 Å². The van der Waals surface area contributed by atoms with Crippen molar-refractivity contribution in [3.05, 3.63) is 66.2 Å². The number of ketones is 1. The molecule has 0 aliphatic heterocycles. The molecule has 0 amide bonds. The standard InChI is InChI=1S/C19H18O6/c1-3-17(22)25-18(4-2)24-12-9-10-14(16(21)11-12)19(23)13-7-5-6-8-15(13)20/h3,5-11,18,20-21H,1,4H2,2H3. The molecule has 2 aromatic carbocycles. The number of para-hydroxylation sites is 1. The monoisotopic (exact) mass is 342 g/mol. The number of hydrogen-bond donors (Lipinski definition) is 2. The maximum atomic E-state index is 12.4. The Morgan fingerprint density at radius 1 is 1.12 bits per heavy atom. The summed E-state index contributed by atoms with van der Waals surface area (Å²) < 4.78 is 10.5. The molecule has 1 atom stereocenters. The van der Waals surface area contributed by atoms with Gasteiger partial charge in [-0.15, -0.1) is 0 Å². The Morgan fingerprint density at radius 3 is 2.40 bits per heavy atom. The number of ether oxygens (including phenoxy) is 2. The first kappa shape index (κ1) is 18.1. The molecule has 0 saturated carbocycles. The van der Waals surface area contributed by atoms with Crippen LogP contribution in [0.5, 0.6) is 17.2 Å². The molecule has 0 fully saturated rings. The van der Waals surface area contributed by atoms with Crippen molar-refractivity contribution in [3.8, 4) is 17.2 Å². The second-order valence-corrected chi connectivity index (χ2v) is 5.12. The van der Waals surface area contributed by atoms with Crippen molar-refractivity contribution < 1.29 is 29.3 Å². The first-order chi connectivity index (χ1) is 12.0. The highest BCUT2D eigenvalue weighted by Gasteiger charge is 2.18. The number of carbonyl (C=O) groups is 2. The van der Waals surface area contributed by atoms with Crippen LogP contribution in [0.25, 0.3) is 0 Å². The number of aromatic hydroxyl groups is 2. The zero-order valence-corrected chi connectivity index (χ0v) is 13.6. The van der Waals surface area contributed by atoms with E-state index in [4.69, 9.17) is 9.47 Å². The second kappa shape index (κ2) is 8.01. The number of benzene rings is 2. The average molecular weight is 342 g/mol. The van der Waals surface area contributed by atoms with Crippen molar-refractivity contribution in [1.29, 1.82) is 0 Å². The van der Waals surface area contributed by atoms with Gasteiger partial charge in [-0.05, 0) is 24.3 Å². The van der Waals surface area contributed by atoms with Gasteiger partial charge >= 0.3 is 5.97 Å². The fourth-order valence-corrected chi connectivity index (χ4v) is 2.11. The van der Waals surface area contributed by atoms with Gasteiger partial charge < -0.3 is 19.7 Å². The number of phenolic OH excluding ortho intramolecular Hbond substituents is 2. The van der Waals surface area contributed by atoms with Gasteiger partial charge in [-0.25, -0.2) is 4.79 Å². The molecular formula is C19H18O6. The lowest BCUT2D eigenvalue weighted by molar-refractivity contribution is -0.157. The minimum Gasteiger partial charge on any atom is -0.507 e. The van der Waals surface area contributed by atoms with Gasteiger partial charge in [-0.2, -0.15) is 0 Å². The highest BCUT2D eigenvalue weighted by atomic mass is 16.7. The van der Waals surface area contributed by atoms with Crippen molar-refractivity contribution >= 4 is 11.8 Å². The van der Waals surface area contributed by atoms with E-state index in [-0.39, 0.29) is 28.4 Å². The van der Waals surface area contributed by atoms with Crippen molar-refractivity contribution in [2.24, 2.45) is 0 Å². The minimum atomic E-state index is -0.843. The summed E-state index contributed by atoms with van der Waals surface area (Å²) in [5.74, 6) is -1.39. The van der Waals surface area contributed by atoms with E-state index >= 15 is 0 Å². The number of esters is 1. The van der Waals surface area contributed by atoms with E-state index in [1.165, 1.54) is 30.3 Å². The van der Waals surface area contributed by atoms with Gasteiger partial charge in [0.05, 0.1) is 11.1 Å². The van der Waals surface area contributed by atoms with Crippen molar-refractivity contribution in [2.45, 2.75) is 19.6 Å². The Hall–Kier alpha value is -3.28. The van der Waals surface area contributed by atoms with Gasteiger partial charge in [-0.1, -0.05) is 25.6 Å². The first-order valence-electron chi connectivity index (χ1n) is 7.61. The summed E-state index contributed by atoms with van der Waals surface area (Å²) in [6.07, 6.45) is 0.570. The van der Waals surface area contributed by atoms with E-state index in [0.717, 1.165) is 6.08 Å². The lowest BCUT2D eigenvalue weighted by atomic mass is 10.0. The summed E-state index contributed by atoms with van der Waals surface area (Å²) in [6.45, 7) is 5.07. The Balaban J connectivity index is 2.20. The van der Waals surface area contributed by atoms with E-state index in [9.17, 15) is 19.8 Å². The molecule has 25 heavy (non-hydrogen) atoms. The summed E-state index contributed by atoms with van der Waals surface area (Å²) >= 11 is 0. The number of rotatable bonds is 7. The highest BCUT2D eigenvalue weighted by Crippen LogP contribution is 2.29. The molecule has 130 valence electrons. The molecule has 0 radical (unpaired) electrons. The maximum Gasteiger partial charge on any atom is 0.333 e. The average Bonchev–Trinajstić information content (AvgIpc) is 2.61. The predicted octanol–water partition coefficient (Wildman–Crippen LogP) is 3.17. The lowest BCUT2D eigenvalue weighted by Crippen LogP contribution is -2.22. The van der Waals surface area contributed by atoms with Gasteiger partial charge in [0, 0.05) is 18.6 Å². The van der Waals surface area contributed by atoms with Crippen LogP contribution in [0, 0.1) is 0 Å². The summed E-state index contributed by atoms with van der Waals surface area (Å²) in [6, 6.07) is 10.2. The number of hydrogen-bond acceptors (Lipinski definition) is 6. The normalized spacial score (nSPS) is 11.4. The molecule has 0 heterocycles. The molecule has 2 N–H and O–H groups in total. The minimum absolute atomic E-state index is 0.0185. The lowest BCUT2D eigenvalue weighted by Gasteiger charge is -2.17. The summed E-state index contributed by atoms with van der Waals surface area (Å²) in [7, 11) is 0. The van der Waals surface area contributed by atoms with Crippen LogP contribution in [-0.4, -0.2) is 28.3 Å². The van der Waals surface area contributed by atoms with Crippen molar-refractivity contribution in [2.75, 3.05) is 0 Å². The SMILES string of the molecule is C=CC(=O)OC(CC)Oc1ccc(C(=O)c2ccccc2O)c(O)c1. The van der Waals surface area contributed by atoms with E-state index < -0.39 is 18.0 Å². The molecule has 0 aliphatic carbocycles. The smallest absolute Gasteiger partial charge is 0.333 e. The number of phenols is 2. The Bertz CT molecular complexity index is 796. The van der Waals surface area contributed by atoms with E-state index in [0.29, 0.717) is 6.42 Å². The van der Waals surface area contributed by atoms with Crippen LogP contribution in [0.3, 0.4) is 0 Å². The topological polar surface area (TPSA) is 93.1 Å². The highest BCUT2D eigenvalue weighted by molar-refractivity contribution is 6.12. The third kappa shape index (κ3) is 4.38. The zero-order chi connectivity index (χ0) is 18.4. The predicted molar refractivity (Wildman–Crippen MR) is 90.6 cm³/mol. The maximum absolute atomic E-state index is 12.4. The van der Waals surface area contributed by atoms with Gasteiger partial charge in [0.2, 0.25) is 6.29 Å². The van der Waals surface area contributed by atoms with Crippen LogP contribution in [0.15, 0.2) is 55.1 Å². The molecule has 2 aromatic rings. The molecule has 6 nitrogen and oxygen atoms in total. The third-order valence-corrected chi connectivity index (χ3v) is 3.38. The fraction of sp³-hybridized carbons (Fsp3) is 0.158. The summed E-state index contributed by atoms with van der Waals surface area (Å²) in [4.78, 5) is 23.7. The van der Waals surface area contributed by atoms with E-state index in [1.54, 1.807) is 19.1 Å². The van der Waals surface area contributed by atoms with Crippen LogP contribution in [0.1, 0.15) is 29.3 Å². The molecule has 0 aromatic heterocycles. The van der Waals surface area contributed by atoms with E-state index in [2.05, 4.69) is 6.58 Å². The van der Waals surface area contributed by atoms with Crippen LogP contribution < -0.4 is 4.74 Å². The Kier molecular flexibility index (Phi) is 5.79. The zero-order valence-electron chi connectivity index (χ0n) is 13.6. The molecule has 1 unspecified atom stereocenters. The summed E-state index contributed by atoms with van der Waals surface area (Å²) in [5, 5.41) is 19.9. The Labute approximate surface area is 144 Å². The van der Waals surface area contributed by atoms with Gasteiger partial charge in [0.15, 0.2) is 5.78 Å². The summed E-state index contributed by atoms with van der Waals surface area (Å²) in [5.41, 5.74) is 0.0998. The van der Waals surface area contributed by atoms with Gasteiger partial charge in [0.25, 0.3) is 0 Å². The number of carbonyl (C=O) groups excluding carboxylic acids is 2. The third-order valence-electron chi connectivity index (χ3n) is 3.38. The molecule has 0 bridgehead atoms. The molecule has 0 aliphatic rings. The quantitative estimate of drug-likeness (QED) is 0.347.